The summed E-state index contributed by atoms with van der Waals surface area (Å²) < 4.78 is 16.4. The van der Waals surface area contributed by atoms with E-state index >= 15 is 0 Å². The normalized spacial score (nSPS) is 15.0. The molecule has 110 valence electrons. The minimum Gasteiger partial charge on any atom is -0.478 e. The molecule has 2 heterocycles. The highest BCUT2D eigenvalue weighted by atomic mass is 16.7. The number of carboxylic acid groups (broad SMARTS) is 1. The predicted molar refractivity (Wildman–Crippen MR) is 74.8 cm³/mol. The van der Waals surface area contributed by atoms with E-state index in [0.717, 1.165) is 5.69 Å². The van der Waals surface area contributed by atoms with Gasteiger partial charge < -0.3 is 24.3 Å². The molecule has 1 aromatic heterocycles. The van der Waals surface area contributed by atoms with Crippen LogP contribution in [0.5, 0.6) is 11.5 Å². The average Bonchev–Trinajstić information content (AvgIpc) is 2.98. The van der Waals surface area contributed by atoms with Crippen LogP contribution in [0.15, 0.2) is 34.9 Å². The molecule has 0 radical (unpaired) electrons. The quantitative estimate of drug-likeness (QED) is 0.900. The van der Waals surface area contributed by atoms with Gasteiger partial charge in [0.2, 0.25) is 5.79 Å². The van der Waals surface area contributed by atoms with Crippen molar-refractivity contribution in [2.75, 3.05) is 5.32 Å². The first kappa shape index (κ1) is 13.4. The van der Waals surface area contributed by atoms with Crippen molar-refractivity contribution in [3.8, 4) is 11.5 Å². The fourth-order valence-electron chi connectivity index (χ4n) is 2.11. The second kappa shape index (κ2) is 4.73. The Morgan fingerprint density at radius 3 is 2.71 bits per heavy atom. The van der Waals surface area contributed by atoms with Crippen LogP contribution in [-0.4, -0.2) is 16.9 Å². The first-order valence-corrected chi connectivity index (χ1v) is 6.50. The van der Waals surface area contributed by atoms with E-state index in [2.05, 4.69) is 5.32 Å². The van der Waals surface area contributed by atoms with Crippen LogP contribution in [0, 0.1) is 0 Å². The number of carbonyl (C=O) groups is 1. The summed E-state index contributed by atoms with van der Waals surface area (Å²) in [5.74, 6) is 0.270. The summed E-state index contributed by atoms with van der Waals surface area (Å²) in [6.07, 6.45) is 1.22. The third kappa shape index (κ3) is 2.79. The molecule has 21 heavy (non-hydrogen) atoms. The van der Waals surface area contributed by atoms with Gasteiger partial charge in [-0.1, -0.05) is 0 Å². The summed E-state index contributed by atoms with van der Waals surface area (Å²) in [7, 11) is 0. The van der Waals surface area contributed by atoms with E-state index in [0.29, 0.717) is 23.8 Å². The number of benzene rings is 1. The van der Waals surface area contributed by atoms with Crippen molar-refractivity contribution in [1.29, 1.82) is 0 Å². The van der Waals surface area contributed by atoms with Crippen molar-refractivity contribution in [1.82, 2.24) is 0 Å². The van der Waals surface area contributed by atoms with E-state index in [1.54, 1.807) is 0 Å². The van der Waals surface area contributed by atoms with E-state index < -0.39 is 11.8 Å². The molecule has 0 aliphatic carbocycles. The van der Waals surface area contributed by atoms with Gasteiger partial charge in [0.25, 0.3) is 0 Å². The molecule has 0 amide bonds. The predicted octanol–water partition coefficient (Wildman–Crippen LogP) is 3.10. The minimum absolute atomic E-state index is 0.138. The van der Waals surface area contributed by atoms with Gasteiger partial charge in [0.15, 0.2) is 11.5 Å². The van der Waals surface area contributed by atoms with Crippen molar-refractivity contribution in [3.63, 3.8) is 0 Å². The summed E-state index contributed by atoms with van der Waals surface area (Å²) >= 11 is 0. The summed E-state index contributed by atoms with van der Waals surface area (Å²) in [5.41, 5.74) is 0.975. The maximum absolute atomic E-state index is 10.8. The molecule has 6 heteroatoms. The zero-order valence-electron chi connectivity index (χ0n) is 11.7. The number of aromatic carboxylic acids is 1. The van der Waals surface area contributed by atoms with E-state index in [9.17, 15) is 4.79 Å². The van der Waals surface area contributed by atoms with Gasteiger partial charge in [-0.3, -0.25) is 0 Å². The molecule has 1 aliphatic heterocycles. The number of anilines is 1. The molecule has 3 rings (SSSR count). The largest absolute Gasteiger partial charge is 0.478 e. The molecule has 0 unspecified atom stereocenters. The monoisotopic (exact) mass is 289 g/mol. The van der Waals surface area contributed by atoms with Crippen LogP contribution in [0.4, 0.5) is 5.69 Å². The topological polar surface area (TPSA) is 80.9 Å². The molecule has 0 atom stereocenters. The molecule has 0 fully saturated rings. The zero-order chi connectivity index (χ0) is 15.0. The highest BCUT2D eigenvalue weighted by molar-refractivity contribution is 5.87. The van der Waals surface area contributed by atoms with Gasteiger partial charge in [-0.05, 0) is 18.2 Å². The number of rotatable bonds is 4. The molecule has 1 aromatic carbocycles. The van der Waals surface area contributed by atoms with Crippen molar-refractivity contribution >= 4 is 11.7 Å². The SMILES string of the molecule is CC1(C)Oc2ccc(NCc3cc(C(=O)O)co3)cc2O1. The Labute approximate surface area is 121 Å². The molecule has 6 nitrogen and oxygen atoms in total. The van der Waals surface area contributed by atoms with Crippen molar-refractivity contribution in [2.45, 2.75) is 26.2 Å². The van der Waals surface area contributed by atoms with Gasteiger partial charge in [0, 0.05) is 25.6 Å². The second-order valence-electron chi connectivity index (χ2n) is 5.23. The first-order chi connectivity index (χ1) is 9.93. The zero-order valence-corrected chi connectivity index (χ0v) is 11.7. The van der Waals surface area contributed by atoms with Crippen molar-refractivity contribution in [3.05, 3.63) is 41.9 Å². The minimum atomic E-state index is -1.00. The highest BCUT2D eigenvalue weighted by Gasteiger charge is 2.31. The third-order valence-corrected chi connectivity index (χ3v) is 3.02. The Morgan fingerprint density at radius 1 is 1.24 bits per heavy atom. The molecule has 0 bridgehead atoms. The molecule has 1 aliphatic rings. The number of hydrogen-bond donors (Lipinski definition) is 2. The fourth-order valence-corrected chi connectivity index (χ4v) is 2.11. The van der Waals surface area contributed by atoms with E-state index in [-0.39, 0.29) is 5.56 Å². The number of carboxylic acids is 1. The van der Waals surface area contributed by atoms with Gasteiger partial charge in [-0.25, -0.2) is 4.79 Å². The number of fused-ring (bicyclic) bond motifs is 1. The lowest BCUT2D eigenvalue weighted by molar-refractivity contribution is -0.0431. The van der Waals surface area contributed by atoms with E-state index in [4.69, 9.17) is 19.0 Å². The standard InChI is InChI=1S/C15H15NO5/c1-15(2)20-12-4-3-10(6-13(12)21-15)16-7-11-5-9(8-19-11)14(17)18/h3-6,8,16H,7H2,1-2H3,(H,17,18). The van der Waals surface area contributed by atoms with Gasteiger partial charge in [0.1, 0.15) is 12.0 Å². The van der Waals surface area contributed by atoms with Crippen LogP contribution in [0.2, 0.25) is 0 Å². The van der Waals surface area contributed by atoms with E-state index in [1.807, 2.05) is 32.0 Å². The third-order valence-electron chi connectivity index (χ3n) is 3.02. The number of furan rings is 1. The van der Waals surface area contributed by atoms with Crippen LogP contribution < -0.4 is 14.8 Å². The maximum atomic E-state index is 10.8. The van der Waals surface area contributed by atoms with E-state index in [1.165, 1.54) is 12.3 Å². The molecule has 2 N–H and O–H groups in total. The Kier molecular flexibility index (Phi) is 3.01. The summed E-state index contributed by atoms with van der Waals surface area (Å²) in [6, 6.07) is 7.03. The highest BCUT2D eigenvalue weighted by Crippen LogP contribution is 2.40. The number of hydrogen-bond acceptors (Lipinski definition) is 5. The lowest BCUT2D eigenvalue weighted by atomic mass is 10.2. The molecule has 2 aromatic rings. The van der Waals surface area contributed by atoms with Gasteiger partial charge >= 0.3 is 5.97 Å². The van der Waals surface area contributed by atoms with Crippen LogP contribution in [0.3, 0.4) is 0 Å². The average molecular weight is 289 g/mol. The van der Waals surface area contributed by atoms with Crippen molar-refractivity contribution < 1.29 is 23.8 Å². The van der Waals surface area contributed by atoms with Crippen LogP contribution in [0.1, 0.15) is 30.0 Å². The molecule has 0 saturated heterocycles. The Hall–Kier alpha value is -2.63. The Balaban J connectivity index is 1.68. The maximum Gasteiger partial charge on any atom is 0.338 e. The Morgan fingerprint density at radius 2 is 2.00 bits per heavy atom. The number of nitrogens with one attached hydrogen (secondary N) is 1. The fraction of sp³-hybridized carbons (Fsp3) is 0.267. The van der Waals surface area contributed by atoms with Gasteiger partial charge in [0.05, 0.1) is 12.1 Å². The number of ether oxygens (including phenoxy) is 2. The molecule has 0 saturated carbocycles. The summed E-state index contributed by atoms with van der Waals surface area (Å²) in [4.78, 5) is 10.8. The molecular formula is C15H15NO5. The molecular weight excluding hydrogens is 274 g/mol. The van der Waals surface area contributed by atoms with Gasteiger partial charge in [-0.2, -0.15) is 0 Å². The first-order valence-electron chi connectivity index (χ1n) is 6.50. The lowest BCUT2D eigenvalue weighted by Gasteiger charge is -2.16. The lowest BCUT2D eigenvalue weighted by Crippen LogP contribution is -2.29. The van der Waals surface area contributed by atoms with Crippen LogP contribution in [0.25, 0.3) is 0 Å². The van der Waals surface area contributed by atoms with Crippen molar-refractivity contribution in [2.24, 2.45) is 0 Å². The Bertz CT molecular complexity index is 689. The summed E-state index contributed by atoms with van der Waals surface area (Å²) in [5, 5.41) is 12.0. The van der Waals surface area contributed by atoms with Crippen LogP contribution >= 0.6 is 0 Å². The smallest absolute Gasteiger partial charge is 0.338 e. The molecule has 0 spiro atoms. The van der Waals surface area contributed by atoms with Crippen LogP contribution in [-0.2, 0) is 6.54 Å². The second-order valence-corrected chi connectivity index (χ2v) is 5.23. The van der Waals surface area contributed by atoms with Gasteiger partial charge in [-0.15, -0.1) is 0 Å². The summed E-state index contributed by atoms with van der Waals surface area (Å²) in [6.45, 7) is 4.07.